The van der Waals surface area contributed by atoms with E-state index in [1.807, 2.05) is 20.8 Å². The van der Waals surface area contributed by atoms with Crippen molar-refractivity contribution in [2.24, 2.45) is 0 Å². The number of amides is 1. The monoisotopic (exact) mass is 389 g/mol. The van der Waals surface area contributed by atoms with E-state index in [-0.39, 0.29) is 18.7 Å². The molecular formula is C19H27N5O4. The molecule has 1 aliphatic heterocycles. The molecule has 0 unspecified atom stereocenters. The summed E-state index contributed by atoms with van der Waals surface area (Å²) in [5.41, 5.74) is 0.239. The van der Waals surface area contributed by atoms with Crippen LogP contribution in [0.2, 0.25) is 0 Å². The number of carbonyl (C=O) groups is 2. The summed E-state index contributed by atoms with van der Waals surface area (Å²) in [5, 5.41) is 7.49. The number of ether oxygens (including phenoxy) is 2. The maximum absolute atomic E-state index is 12.3. The fourth-order valence-corrected chi connectivity index (χ4v) is 3.10. The number of esters is 1. The Hall–Kier alpha value is -2.84. The second kappa shape index (κ2) is 8.04. The molecule has 1 aliphatic rings. The van der Waals surface area contributed by atoms with Crippen molar-refractivity contribution in [2.75, 3.05) is 25.0 Å². The topological polar surface area (TPSA) is 98.1 Å². The number of aromatic nitrogens is 3. The average molecular weight is 389 g/mol. The van der Waals surface area contributed by atoms with Crippen LogP contribution in [0.15, 0.2) is 18.5 Å². The predicted octanol–water partition coefficient (Wildman–Crippen LogP) is 2.72. The quantitative estimate of drug-likeness (QED) is 0.803. The fourth-order valence-electron chi connectivity index (χ4n) is 3.10. The molecule has 1 N–H and O–H groups in total. The van der Waals surface area contributed by atoms with E-state index in [0.29, 0.717) is 30.1 Å². The van der Waals surface area contributed by atoms with E-state index in [0.717, 1.165) is 12.8 Å². The number of likely N-dealkylation sites (tertiary alicyclic amines) is 1. The molecule has 1 fully saturated rings. The SMILES string of the molecule is CCOC(=O)c1cnn2ccc(N[C@@H]3CCCN(C(=O)OC(C)(C)C)C3)nc12. The van der Waals surface area contributed by atoms with Crippen LogP contribution in [0.5, 0.6) is 0 Å². The number of carbonyl (C=O) groups excluding carboxylic acids is 2. The Morgan fingerprint density at radius 1 is 1.36 bits per heavy atom. The molecule has 2 aromatic rings. The summed E-state index contributed by atoms with van der Waals surface area (Å²) >= 11 is 0. The zero-order valence-electron chi connectivity index (χ0n) is 16.8. The van der Waals surface area contributed by atoms with Crippen molar-refractivity contribution in [3.05, 3.63) is 24.0 Å². The molecule has 0 saturated carbocycles. The van der Waals surface area contributed by atoms with Gasteiger partial charge >= 0.3 is 12.1 Å². The van der Waals surface area contributed by atoms with E-state index < -0.39 is 11.6 Å². The Balaban J connectivity index is 1.70. The van der Waals surface area contributed by atoms with E-state index in [1.54, 1.807) is 24.1 Å². The van der Waals surface area contributed by atoms with Crippen LogP contribution in [0.3, 0.4) is 0 Å². The maximum Gasteiger partial charge on any atom is 0.410 e. The standard InChI is InChI=1S/C19H27N5O4/c1-5-27-17(25)14-11-20-24-10-8-15(22-16(14)24)21-13-7-6-9-23(12-13)18(26)28-19(2,3)4/h8,10-11,13H,5-7,9,12H2,1-4H3,(H,21,22)/t13-/m1/s1. The van der Waals surface area contributed by atoms with Crippen LogP contribution in [0.4, 0.5) is 10.6 Å². The first-order valence-corrected chi connectivity index (χ1v) is 9.53. The minimum Gasteiger partial charge on any atom is -0.462 e. The van der Waals surface area contributed by atoms with E-state index >= 15 is 0 Å². The molecule has 3 rings (SSSR count). The number of fused-ring (bicyclic) bond motifs is 1. The molecular weight excluding hydrogens is 362 g/mol. The minimum absolute atomic E-state index is 0.0465. The summed E-state index contributed by atoms with van der Waals surface area (Å²) in [6.07, 6.45) is 4.68. The van der Waals surface area contributed by atoms with E-state index in [2.05, 4.69) is 15.4 Å². The molecule has 2 aromatic heterocycles. The number of nitrogens with one attached hydrogen (secondary N) is 1. The van der Waals surface area contributed by atoms with Crippen LogP contribution < -0.4 is 5.32 Å². The van der Waals surface area contributed by atoms with Gasteiger partial charge in [-0.1, -0.05) is 0 Å². The Bertz CT molecular complexity index is 858. The first-order valence-electron chi connectivity index (χ1n) is 9.53. The Morgan fingerprint density at radius 2 is 2.14 bits per heavy atom. The van der Waals surface area contributed by atoms with Crippen molar-refractivity contribution in [3.8, 4) is 0 Å². The highest BCUT2D eigenvalue weighted by Gasteiger charge is 2.28. The lowest BCUT2D eigenvalue weighted by Crippen LogP contribution is -2.47. The van der Waals surface area contributed by atoms with Gasteiger partial charge in [0.2, 0.25) is 0 Å². The molecule has 0 bridgehead atoms. The molecule has 3 heterocycles. The van der Waals surface area contributed by atoms with Gasteiger partial charge in [0.15, 0.2) is 5.65 Å². The maximum atomic E-state index is 12.3. The first kappa shape index (κ1) is 19.9. The molecule has 28 heavy (non-hydrogen) atoms. The van der Waals surface area contributed by atoms with Crippen molar-refractivity contribution in [1.82, 2.24) is 19.5 Å². The van der Waals surface area contributed by atoms with Crippen molar-refractivity contribution in [2.45, 2.75) is 52.2 Å². The summed E-state index contributed by atoms with van der Waals surface area (Å²) in [6.45, 7) is 8.82. The molecule has 9 nitrogen and oxygen atoms in total. The highest BCUT2D eigenvalue weighted by Crippen LogP contribution is 2.19. The van der Waals surface area contributed by atoms with Crippen molar-refractivity contribution >= 4 is 23.5 Å². The van der Waals surface area contributed by atoms with Crippen molar-refractivity contribution in [3.63, 3.8) is 0 Å². The number of piperidine rings is 1. The van der Waals surface area contributed by atoms with Crippen LogP contribution in [-0.4, -0.2) is 62.9 Å². The van der Waals surface area contributed by atoms with Gasteiger partial charge in [-0.2, -0.15) is 5.10 Å². The molecule has 0 aromatic carbocycles. The van der Waals surface area contributed by atoms with Crippen molar-refractivity contribution in [1.29, 1.82) is 0 Å². The zero-order chi connectivity index (χ0) is 20.3. The lowest BCUT2D eigenvalue weighted by molar-refractivity contribution is 0.0206. The Kier molecular flexibility index (Phi) is 5.71. The van der Waals surface area contributed by atoms with Crippen LogP contribution in [-0.2, 0) is 9.47 Å². The Morgan fingerprint density at radius 3 is 2.86 bits per heavy atom. The molecule has 1 saturated heterocycles. The number of hydrogen-bond donors (Lipinski definition) is 1. The molecule has 152 valence electrons. The van der Waals surface area contributed by atoms with Gasteiger partial charge in [-0.25, -0.2) is 19.1 Å². The number of rotatable bonds is 4. The molecule has 9 heteroatoms. The Labute approximate surface area is 164 Å². The van der Waals surface area contributed by atoms with E-state index in [9.17, 15) is 9.59 Å². The number of hydrogen-bond acceptors (Lipinski definition) is 7. The van der Waals surface area contributed by atoms with Gasteiger partial charge in [0.05, 0.1) is 12.8 Å². The van der Waals surface area contributed by atoms with Crippen LogP contribution in [0, 0.1) is 0 Å². The van der Waals surface area contributed by atoms with Gasteiger partial charge in [-0.05, 0) is 46.6 Å². The summed E-state index contributed by atoms with van der Waals surface area (Å²) in [6, 6.07) is 1.84. The average Bonchev–Trinajstić information content (AvgIpc) is 3.04. The lowest BCUT2D eigenvalue weighted by atomic mass is 10.1. The van der Waals surface area contributed by atoms with Crippen LogP contribution >= 0.6 is 0 Å². The lowest BCUT2D eigenvalue weighted by Gasteiger charge is -2.34. The zero-order valence-corrected chi connectivity index (χ0v) is 16.8. The molecule has 1 amide bonds. The van der Waals surface area contributed by atoms with Crippen LogP contribution in [0.1, 0.15) is 50.9 Å². The van der Waals surface area contributed by atoms with Crippen molar-refractivity contribution < 1.29 is 19.1 Å². The van der Waals surface area contributed by atoms with Crippen LogP contribution in [0.25, 0.3) is 5.65 Å². The highest BCUT2D eigenvalue weighted by atomic mass is 16.6. The van der Waals surface area contributed by atoms with E-state index in [4.69, 9.17) is 9.47 Å². The third-order valence-corrected chi connectivity index (χ3v) is 4.29. The summed E-state index contributed by atoms with van der Waals surface area (Å²) in [4.78, 5) is 30.6. The third kappa shape index (κ3) is 4.71. The van der Waals surface area contributed by atoms with Gasteiger partial charge in [-0.15, -0.1) is 0 Å². The number of nitrogens with zero attached hydrogens (tertiary/aromatic N) is 4. The second-order valence-electron chi connectivity index (χ2n) is 7.77. The molecule has 0 aliphatic carbocycles. The van der Waals surface area contributed by atoms with Gasteiger partial charge in [-0.3, -0.25) is 0 Å². The normalized spacial score (nSPS) is 17.4. The fraction of sp³-hybridized carbons (Fsp3) is 0.579. The summed E-state index contributed by atoms with van der Waals surface area (Å²) < 4.78 is 12.1. The van der Waals surface area contributed by atoms with Gasteiger partial charge in [0.25, 0.3) is 0 Å². The largest absolute Gasteiger partial charge is 0.462 e. The summed E-state index contributed by atoms with van der Waals surface area (Å²) in [5.74, 6) is 0.172. The predicted molar refractivity (Wildman–Crippen MR) is 103 cm³/mol. The second-order valence-corrected chi connectivity index (χ2v) is 7.77. The highest BCUT2D eigenvalue weighted by molar-refractivity contribution is 5.95. The molecule has 0 spiro atoms. The molecule has 1 atom stereocenters. The smallest absolute Gasteiger partial charge is 0.410 e. The van der Waals surface area contributed by atoms with E-state index in [1.165, 1.54) is 10.7 Å². The number of anilines is 1. The van der Waals surface area contributed by atoms with Gasteiger partial charge in [0, 0.05) is 25.3 Å². The third-order valence-electron chi connectivity index (χ3n) is 4.29. The minimum atomic E-state index is -0.518. The van der Waals surface area contributed by atoms with Gasteiger partial charge in [0.1, 0.15) is 17.0 Å². The van der Waals surface area contributed by atoms with Gasteiger partial charge < -0.3 is 19.7 Å². The molecule has 0 radical (unpaired) electrons. The first-order chi connectivity index (χ1) is 13.3. The summed E-state index contributed by atoms with van der Waals surface area (Å²) in [7, 11) is 0.